The molecule has 2 saturated heterocycles. The Morgan fingerprint density at radius 3 is 1.73 bits per heavy atom. The number of imide groups is 2. The van der Waals surface area contributed by atoms with Crippen LogP contribution in [0.25, 0.3) is 0 Å². The maximum Gasteiger partial charge on any atom is 0.347 e. The molecule has 1 atom stereocenters. The highest BCUT2D eigenvalue weighted by molar-refractivity contribution is 8.14. The summed E-state index contributed by atoms with van der Waals surface area (Å²) in [4.78, 5) is 90.4. The highest BCUT2D eigenvalue weighted by Gasteiger charge is 2.38. The molecule has 0 radical (unpaired) electrons. The van der Waals surface area contributed by atoms with E-state index in [1.54, 1.807) is 0 Å². The van der Waals surface area contributed by atoms with E-state index in [2.05, 4.69) is 9.68 Å². The third-order valence-corrected chi connectivity index (χ3v) is 4.28. The van der Waals surface area contributed by atoms with Crippen molar-refractivity contribution in [3.05, 3.63) is 0 Å². The number of carbonyl (C=O) groups is 7. The number of rotatable bonds is 6. The molecule has 26 heavy (non-hydrogen) atoms. The molecule has 0 bridgehead atoms. The SMILES string of the molecule is CC(=O)SC(CC(=O)ON1C(=O)CCC1=O)C(=O)ON1C(=O)CCC1=O. The topological polar surface area (TPSA) is 144 Å². The van der Waals surface area contributed by atoms with Gasteiger partial charge in [-0.3, -0.25) is 24.0 Å². The van der Waals surface area contributed by atoms with Crippen LogP contribution in [0.4, 0.5) is 0 Å². The molecule has 11 nitrogen and oxygen atoms in total. The van der Waals surface area contributed by atoms with Crippen LogP contribution in [0.2, 0.25) is 0 Å². The molecule has 4 amide bonds. The number of hydrogen-bond acceptors (Lipinski definition) is 10. The first-order valence-corrected chi connectivity index (χ1v) is 8.38. The quantitative estimate of drug-likeness (QED) is 0.534. The van der Waals surface area contributed by atoms with Gasteiger partial charge in [-0.15, -0.1) is 10.1 Å². The average molecular weight is 386 g/mol. The van der Waals surface area contributed by atoms with Crippen LogP contribution in [0.5, 0.6) is 0 Å². The first-order valence-electron chi connectivity index (χ1n) is 7.50. The molecule has 0 aliphatic carbocycles. The van der Waals surface area contributed by atoms with E-state index in [-0.39, 0.29) is 30.7 Å². The fourth-order valence-electron chi connectivity index (χ4n) is 2.13. The van der Waals surface area contributed by atoms with E-state index in [1.807, 2.05) is 0 Å². The molecule has 12 heteroatoms. The Hall–Kier alpha value is -2.76. The smallest absolute Gasteiger partial charge is 0.330 e. The van der Waals surface area contributed by atoms with Crippen molar-refractivity contribution in [2.24, 2.45) is 0 Å². The van der Waals surface area contributed by atoms with Gasteiger partial charge < -0.3 is 9.68 Å². The first-order chi connectivity index (χ1) is 12.2. The van der Waals surface area contributed by atoms with E-state index in [0.29, 0.717) is 16.8 Å². The minimum absolute atomic E-state index is 0.0983. The highest BCUT2D eigenvalue weighted by Crippen LogP contribution is 2.22. The number of hydroxylamine groups is 4. The molecule has 1 unspecified atom stereocenters. The zero-order valence-electron chi connectivity index (χ0n) is 13.6. The summed E-state index contributed by atoms with van der Waals surface area (Å²) < 4.78 is 0. The van der Waals surface area contributed by atoms with Crippen LogP contribution in [-0.4, -0.2) is 56.1 Å². The highest BCUT2D eigenvalue weighted by atomic mass is 32.2. The fourth-order valence-corrected chi connectivity index (χ4v) is 2.89. The van der Waals surface area contributed by atoms with E-state index in [9.17, 15) is 33.6 Å². The van der Waals surface area contributed by atoms with Gasteiger partial charge in [0, 0.05) is 32.6 Å². The Morgan fingerprint density at radius 2 is 1.31 bits per heavy atom. The van der Waals surface area contributed by atoms with E-state index in [0.717, 1.165) is 6.92 Å². The second-order valence-corrected chi connectivity index (χ2v) is 6.72. The first kappa shape index (κ1) is 19.6. The second-order valence-electron chi connectivity index (χ2n) is 5.34. The number of thioether (sulfide) groups is 1. The summed E-state index contributed by atoms with van der Waals surface area (Å²) in [5.74, 6) is -5.13. The summed E-state index contributed by atoms with van der Waals surface area (Å²) in [6, 6.07) is 0. The molecule has 0 N–H and O–H groups in total. The number of carbonyl (C=O) groups excluding carboxylic acids is 7. The zero-order valence-corrected chi connectivity index (χ0v) is 14.4. The minimum atomic E-state index is -1.42. The third-order valence-electron chi connectivity index (χ3n) is 3.31. The van der Waals surface area contributed by atoms with Gasteiger partial charge >= 0.3 is 11.9 Å². The van der Waals surface area contributed by atoms with Crippen molar-refractivity contribution in [3.63, 3.8) is 0 Å². The predicted octanol–water partition coefficient (Wildman–Crippen LogP) is -0.761. The maximum atomic E-state index is 12.1. The summed E-state index contributed by atoms with van der Waals surface area (Å²) in [5.41, 5.74) is 0. The number of amides is 4. The lowest BCUT2D eigenvalue weighted by molar-refractivity contribution is -0.201. The Labute approximate surface area is 150 Å². The lowest BCUT2D eigenvalue weighted by atomic mass is 10.3. The monoisotopic (exact) mass is 386 g/mol. The van der Waals surface area contributed by atoms with Crippen molar-refractivity contribution >= 4 is 52.4 Å². The van der Waals surface area contributed by atoms with Crippen molar-refractivity contribution < 1.29 is 43.2 Å². The molecule has 2 rings (SSSR count). The largest absolute Gasteiger partial charge is 0.347 e. The van der Waals surface area contributed by atoms with Crippen LogP contribution in [0, 0.1) is 0 Å². The van der Waals surface area contributed by atoms with Crippen LogP contribution < -0.4 is 0 Å². The molecule has 140 valence electrons. The molecular formula is C14H14N2O9S. The van der Waals surface area contributed by atoms with Gasteiger partial charge in [0.05, 0.1) is 6.42 Å². The van der Waals surface area contributed by atoms with Crippen LogP contribution >= 0.6 is 11.8 Å². The Balaban J connectivity index is 2.00. The van der Waals surface area contributed by atoms with Crippen LogP contribution in [0.3, 0.4) is 0 Å². The minimum Gasteiger partial charge on any atom is -0.330 e. The van der Waals surface area contributed by atoms with Crippen molar-refractivity contribution in [2.45, 2.75) is 44.3 Å². The van der Waals surface area contributed by atoms with Gasteiger partial charge in [0.2, 0.25) is 0 Å². The molecule has 0 saturated carbocycles. The van der Waals surface area contributed by atoms with Crippen LogP contribution in [0.15, 0.2) is 0 Å². The molecule has 0 spiro atoms. The molecule has 0 aromatic heterocycles. The molecule has 2 fully saturated rings. The average Bonchev–Trinajstić information content (AvgIpc) is 3.04. The van der Waals surface area contributed by atoms with Crippen molar-refractivity contribution in [2.75, 3.05) is 0 Å². The molecular weight excluding hydrogens is 372 g/mol. The van der Waals surface area contributed by atoms with Gasteiger partial charge in [-0.1, -0.05) is 11.8 Å². The van der Waals surface area contributed by atoms with Gasteiger partial charge in [0.1, 0.15) is 5.25 Å². The van der Waals surface area contributed by atoms with E-state index >= 15 is 0 Å². The zero-order chi connectivity index (χ0) is 19.4. The number of hydrogen-bond donors (Lipinski definition) is 0. The standard InChI is InChI=1S/C14H14N2O9S/c1-7(17)26-8(14(23)25-16-11(20)4-5-12(16)21)6-13(22)24-15-9(18)2-3-10(15)19/h8H,2-6H2,1H3. The summed E-state index contributed by atoms with van der Waals surface area (Å²) in [6.45, 7) is 1.13. The molecule has 2 aliphatic heterocycles. The van der Waals surface area contributed by atoms with E-state index in [4.69, 9.17) is 0 Å². The summed E-state index contributed by atoms with van der Waals surface area (Å²) in [5, 5.41) is -1.37. The second kappa shape index (κ2) is 8.08. The van der Waals surface area contributed by atoms with Crippen molar-refractivity contribution in [3.8, 4) is 0 Å². The van der Waals surface area contributed by atoms with Gasteiger partial charge in [-0.2, -0.15) is 0 Å². The summed E-state index contributed by atoms with van der Waals surface area (Å²) in [7, 11) is 0. The lowest BCUT2D eigenvalue weighted by Gasteiger charge is -2.18. The van der Waals surface area contributed by atoms with E-state index in [1.165, 1.54) is 0 Å². The Bertz CT molecular complexity index is 673. The van der Waals surface area contributed by atoms with Crippen molar-refractivity contribution in [1.29, 1.82) is 0 Å². The van der Waals surface area contributed by atoms with Crippen molar-refractivity contribution in [1.82, 2.24) is 10.1 Å². The molecule has 2 aliphatic rings. The lowest BCUT2D eigenvalue weighted by Crippen LogP contribution is -2.38. The summed E-state index contributed by atoms with van der Waals surface area (Å²) in [6.07, 6.45) is -1.13. The van der Waals surface area contributed by atoms with Gasteiger partial charge in [0.15, 0.2) is 5.12 Å². The van der Waals surface area contributed by atoms with Gasteiger partial charge in [-0.25, -0.2) is 9.59 Å². The maximum absolute atomic E-state index is 12.1. The predicted molar refractivity (Wildman–Crippen MR) is 81.0 cm³/mol. The Morgan fingerprint density at radius 1 is 0.885 bits per heavy atom. The van der Waals surface area contributed by atoms with E-state index < -0.39 is 52.4 Å². The fraction of sp³-hybridized carbons (Fsp3) is 0.500. The molecule has 0 aromatic carbocycles. The van der Waals surface area contributed by atoms with Gasteiger partial charge in [-0.05, 0) is 0 Å². The summed E-state index contributed by atoms with van der Waals surface area (Å²) >= 11 is 0.429. The number of nitrogens with zero attached hydrogens (tertiary/aromatic N) is 2. The molecule has 2 heterocycles. The van der Waals surface area contributed by atoms with Gasteiger partial charge in [0.25, 0.3) is 23.6 Å². The van der Waals surface area contributed by atoms with Crippen LogP contribution in [0.1, 0.15) is 39.0 Å². The molecule has 0 aromatic rings. The van der Waals surface area contributed by atoms with Crippen LogP contribution in [-0.2, 0) is 43.2 Å². The third kappa shape index (κ3) is 4.65. The Kier molecular flexibility index (Phi) is 6.08. The normalized spacial score (nSPS) is 18.3.